The van der Waals surface area contributed by atoms with Gasteiger partial charge in [-0.1, -0.05) is 12.1 Å². The van der Waals surface area contributed by atoms with Crippen LogP contribution in [-0.4, -0.2) is 28.3 Å². The molecule has 0 atom stereocenters. The van der Waals surface area contributed by atoms with Gasteiger partial charge in [0, 0.05) is 30.9 Å². The Morgan fingerprint density at radius 2 is 1.67 bits per heavy atom. The van der Waals surface area contributed by atoms with Crippen molar-refractivity contribution in [2.24, 2.45) is 0 Å². The molecule has 0 radical (unpaired) electrons. The first-order chi connectivity index (χ1) is 13.1. The van der Waals surface area contributed by atoms with Crippen molar-refractivity contribution >= 4 is 17.3 Å². The molecule has 7 heteroatoms. The fraction of sp³-hybridized carbons (Fsp3) is 0.250. The minimum Gasteiger partial charge on any atom is -0.372 e. The van der Waals surface area contributed by atoms with Crippen LogP contribution in [0.1, 0.15) is 25.1 Å². The molecule has 1 heterocycles. The van der Waals surface area contributed by atoms with Crippen molar-refractivity contribution in [2.75, 3.05) is 23.3 Å². The first-order valence-corrected chi connectivity index (χ1v) is 8.91. The van der Waals surface area contributed by atoms with Crippen LogP contribution in [-0.2, 0) is 6.42 Å². The third kappa shape index (κ3) is 4.69. The summed E-state index contributed by atoms with van der Waals surface area (Å²) >= 11 is 0. The van der Waals surface area contributed by atoms with Crippen molar-refractivity contribution in [2.45, 2.75) is 20.3 Å². The fourth-order valence-electron chi connectivity index (χ4n) is 2.81. The van der Waals surface area contributed by atoms with E-state index < -0.39 is 0 Å². The van der Waals surface area contributed by atoms with Crippen LogP contribution < -0.4 is 15.8 Å². The number of benzene rings is 2. The van der Waals surface area contributed by atoms with E-state index >= 15 is 0 Å². The topological polar surface area (TPSA) is 73.9 Å². The number of hydrogen-bond donors (Lipinski definition) is 2. The second-order valence-electron chi connectivity index (χ2n) is 6.10. The third-order valence-electron chi connectivity index (χ3n) is 4.31. The first-order valence-electron chi connectivity index (χ1n) is 8.91. The molecule has 3 rings (SSSR count). The molecule has 0 amide bonds. The van der Waals surface area contributed by atoms with Gasteiger partial charge in [-0.25, -0.2) is 4.39 Å². The van der Waals surface area contributed by atoms with Crippen LogP contribution in [0.5, 0.6) is 0 Å². The van der Waals surface area contributed by atoms with Crippen molar-refractivity contribution in [3.05, 3.63) is 76.0 Å². The van der Waals surface area contributed by atoms with Gasteiger partial charge < -0.3 is 10.2 Å². The molecule has 1 aromatic heterocycles. The lowest BCUT2D eigenvalue weighted by atomic mass is 10.1. The molecule has 0 aliphatic rings. The lowest BCUT2D eigenvalue weighted by Crippen LogP contribution is -2.21. The van der Waals surface area contributed by atoms with E-state index in [-0.39, 0.29) is 23.0 Å². The van der Waals surface area contributed by atoms with Gasteiger partial charge in [0.15, 0.2) is 0 Å². The molecule has 0 fully saturated rings. The van der Waals surface area contributed by atoms with Gasteiger partial charge in [-0.2, -0.15) is 0 Å². The van der Waals surface area contributed by atoms with Gasteiger partial charge >= 0.3 is 0 Å². The van der Waals surface area contributed by atoms with Crippen molar-refractivity contribution in [3.63, 3.8) is 0 Å². The Labute approximate surface area is 157 Å². The zero-order valence-electron chi connectivity index (χ0n) is 15.4. The molecule has 0 aliphatic heterocycles. The molecule has 0 bridgehead atoms. The molecule has 0 aliphatic carbocycles. The fourth-order valence-corrected chi connectivity index (χ4v) is 2.81. The second kappa shape index (κ2) is 8.44. The van der Waals surface area contributed by atoms with Crippen molar-refractivity contribution in [1.29, 1.82) is 0 Å². The van der Waals surface area contributed by atoms with Crippen molar-refractivity contribution in [1.82, 2.24) is 15.2 Å². The summed E-state index contributed by atoms with van der Waals surface area (Å²) in [4.78, 5) is 17.2. The molecular formula is C20H22FN5O. The summed E-state index contributed by atoms with van der Waals surface area (Å²) in [6.45, 7) is 6.11. The highest BCUT2D eigenvalue weighted by Gasteiger charge is 2.07. The Morgan fingerprint density at radius 1 is 1.00 bits per heavy atom. The quantitative estimate of drug-likeness (QED) is 0.669. The normalized spacial score (nSPS) is 10.6. The molecule has 0 spiro atoms. The van der Waals surface area contributed by atoms with Gasteiger partial charge in [0.2, 0.25) is 5.95 Å². The molecule has 0 unspecified atom stereocenters. The molecule has 2 aromatic carbocycles. The maximum absolute atomic E-state index is 13.0. The Morgan fingerprint density at radius 3 is 2.26 bits per heavy atom. The Bertz CT molecular complexity index is 934. The molecule has 0 saturated carbocycles. The standard InChI is InChI=1S/C20H22FN5O/c1-3-26(4-2)17-11-9-16(10-12-17)22-20-23-19(27)18(24-25-20)13-14-5-7-15(21)8-6-14/h5-12H,3-4,13H2,1-2H3,(H2,22,23,25,27). The summed E-state index contributed by atoms with van der Waals surface area (Å²) in [7, 11) is 0. The van der Waals surface area contributed by atoms with Crippen LogP contribution in [0.25, 0.3) is 0 Å². The van der Waals surface area contributed by atoms with E-state index in [1.807, 2.05) is 24.3 Å². The predicted molar refractivity (Wildman–Crippen MR) is 105 cm³/mol. The molecule has 2 N–H and O–H groups in total. The van der Waals surface area contributed by atoms with E-state index in [2.05, 4.69) is 39.2 Å². The average molecular weight is 367 g/mol. The molecule has 27 heavy (non-hydrogen) atoms. The monoisotopic (exact) mass is 367 g/mol. The summed E-state index contributed by atoms with van der Waals surface area (Å²) in [6, 6.07) is 13.9. The minimum absolute atomic E-state index is 0.276. The Hall–Kier alpha value is -3.22. The van der Waals surface area contributed by atoms with Crippen molar-refractivity contribution in [3.8, 4) is 0 Å². The van der Waals surface area contributed by atoms with Gasteiger partial charge in [-0.15, -0.1) is 10.2 Å². The van der Waals surface area contributed by atoms with E-state index in [4.69, 9.17) is 0 Å². The smallest absolute Gasteiger partial charge is 0.274 e. The molecular weight excluding hydrogens is 345 g/mol. The van der Waals surface area contributed by atoms with Crippen LogP contribution in [0.2, 0.25) is 0 Å². The summed E-state index contributed by atoms with van der Waals surface area (Å²) in [6.07, 6.45) is 0.293. The van der Waals surface area contributed by atoms with Gasteiger partial charge in [0.1, 0.15) is 11.5 Å². The van der Waals surface area contributed by atoms with E-state index in [9.17, 15) is 9.18 Å². The van der Waals surface area contributed by atoms with Crippen LogP contribution in [0, 0.1) is 5.82 Å². The Kier molecular flexibility index (Phi) is 5.80. The zero-order valence-corrected chi connectivity index (χ0v) is 15.4. The summed E-state index contributed by atoms with van der Waals surface area (Å²) in [5.41, 5.74) is 2.70. The lowest BCUT2D eigenvalue weighted by molar-refractivity contribution is 0.627. The number of halogens is 1. The molecule has 140 valence electrons. The second-order valence-corrected chi connectivity index (χ2v) is 6.10. The number of rotatable bonds is 7. The van der Waals surface area contributed by atoms with E-state index in [0.29, 0.717) is 6.42 Å². The van der Waals surface area contributed by atoms with Crippen LogP contribution in [0.3, 0.4) is 0 Å². The number of hydrogen-bond acceptors (Lipinski definition) is 5. The van der Waals surface area contributed by atoms with Gasteiger partial charge in [0.25, 0.3) is 5.56 Å². The summed E-state index contributed by atoms with van der Waals surface area (Å²) in [5.74, 6) is -0.0382. The highest BCUT2D eigenvalue weighted by Crippen LogP contribution is 2.19. The van der Waals surface area contributed by atoms with Gasteiger partial charge in [-0.3, -0.25) is 9.78 Å². The number of aromatic nitrogens is 3. The number of anilines is 3. The predicted octanol–water partition coefficient (Wildman–Crippen LogP) is 3.48. The lowest BCUT2D eigenvalue weighted by Gasteiger charge is -2.21. The van der Waals surface area contributed by atoms with Gasteiger partial charge in [-0.05, 0) is 55.8 Å². The number of aromatic amines is 1. The molecule has 0 saturated heterocycles. The maximum Gasteiger partial charge on any atom is 0.274 e. The van der Waals surface area contributed by atoms with Crippen LogP contribution in [0.4, 0.5) is 21.7 Å². The summed E-state index contributed by atoms with van der Waals surface area (Å²) < 4.78 is 13.0. The number of nitrogens with zero attached hydrogens (tertiary/aromatic N) is 3. The minimum atomic E-state index is -0.323. The number of nitrogens with one attached hydrogen (secondary N) is 2. The SMILES string of the molecule is CCN(CC)c1ccc(Nc2nnc(Cc3ccc(F)cc3)c(=O)[nH]2)cc1. The number of H-pyrrole nitrogens is 1. The maximum atomic E-state index is 13.0. The first kappa shape index (κ1) is 18.6. The molecule has 6 nitrogen and oxygen atoms in total. The molecule has 3 aromatic rings. The van der Waals surface area contributed by atoms with Crippen LogP contribution in [0.15, 0.2) is 53.3 Å². The third-order valence-corrected chi connectivity index (χ3v) is 4.31. The van der Waals surface area contributed by atoms with E-state index in [1.165, 1.54) is 12.1 Å². The average Bonchev–Trinajstić information content (AvgIpc) is 2.68. The van der Waals surface area contributed by atoms with Gasteiger partial charge in [0.05, 0.1) is 0 Å². The summed E-state index contributed by atoms with van der Waals surface area (Å²) in [5, 5.41) is 11.1. The highest BCUT2D eigenvalue weighted by atomic mass is 19.1. The highest BCUT2D eigenvalue weighted by molar-refractivity contribution is 5.59. The Balaban J connectivity index is 1.70. The van der Waals surface area contributed by atoms with Crippen molar-refractivity contribution < 1.29 is 4.39 Å². The van der Waals surface area contributed by atoms with E-state index in [0.717, 1.165) is 30.0 Å². The van der Waals surface area contributed by atoms with E-state index in [1.54, 1.807) is 12.1 Å². The largest absolute Gasteiger partial charge is 0.372 e. The van der Waals surface area contributed by atoms with Crippen LogP contribution >= 0.6 is 0 Å². The zero-order chi connectivity index (χ0) is 19.2.